The fourth-order valence-electron chi connectivity index (χ4n) is 3.02. The molecule has 0 aromatic heterocycles. The van der Waals surface area contributed by atoms with Crippen LogP contribution in [0, 0.1) is 11.7 Å². The summed E-state index contributed by atoms with van der Waals surface area (Å²) in [7, 11) is 1.48. The molecule has 1 fully saturated rings. The molecule has 1 amide bonds. The first-order valence-corrected chi connectivity index (χ1v) is 8.49. The van der Waals surface area contributed by atoms with E-state index in [2.05, 4.69) is 17.4 Å². The molecule has 0 N–H and O–H groups in total. The first-order chi connectivity index (χ1) is 12.5. The number of rotatable bonds is 3. The van der Waals surface area contributed by atoms with Crippen molar-refractivity contribution in [3.8, 4) is 0 Å². The van der Waals surface area contributed by atoms with Gasteiger partial charge in [-0.1, -0.05) is 19.1 Å². The summed E-state index contributed by atoms with van der Waals surface area (Å²) in [6, 6.07) is 5.12. The smallest absolute Gasteiger partial charge is 0.422 e. The van der Waals surface area contributed by atoms with Crippen LogP contribution in [-0.2, 0) is 23.9 Å². The summed E-state index contributed by atoms with van der Waals surface area (Å²) >= 11 is 4.55. The molecule has 27 heavy (non-hydrogen) atoms. The van der Waals surface area contributed by atoms with Gasteiger partial charge in [0.1, 0.15) is 10.7 Å². The van der Waals surface area contributed by atoms with Crippen molar-refractivity contribution < 1.29 is 36.6 Å². The van der Waals surface area contributed by atoms with Crippen LogP contribution < -0.4 is 0 Å². The van der Waals surface area contributed by atoms with Crippen LogP contribution in [0.25, 0.3) is 0 Å². The number of halogens is 4. The lowest BCUT2D eigenvalue weighted by atomic mass is 9.86. The van der Waals surface area contributed by atoms with Crippen LogP contribution in [0.1, 0.15) is 18.9 Å². The van der Waals surface area contributed by atoms with Gasteiger partial charge in [-0.05, 0) is 17.7 Å². The van der Waals surface area contributed by atoms with E-state index in [0.29, 0.717) is 5.56 Å². The third kappa shape index (κ3) is 4.92. The number of hydrogen-bond donors (Lipinski definition) is 1. The number of ether oxygens (including phenoxy) is 2. The number of thiol groups is 1. The highest BCUT2D eigenvalue weighted by Gasteiger charge is 2.48. The molecule has 0 radical (unpaired) electrons. The Morgan fingerprint density at radius 2 is 1.89 bits per heavy atom. The van der Waals surface area contributed by atoms with E-state index in [1.807, 2.05) is 0 Å². The second-order valence-corrected chi connectivity index (χ2v) is 7.13. The van der Waals surface area contributed by atoms with Gasteiger partial charge in [-0.3, -0.25) is 4.79 Å². The first kappa shape index (κ1) is 21.5. The standard InChI is InChI=1S/C17H19F4NO4S/c1-10-8-22(14(23)15(24)26-9-17(19,20)21)16(27,7-13(10)25-2)11-3-5-12(18)6-4-11/h3-6,10,13,27H,7-9H2,1-2H3/t10-,13?,16?/m0/s1. The van der Waals surface area contributed by atoms with Gasteiger partial charge in [0.05, 0.1) is 6.10 Å². The van der Waals surface area contributed by atoms with Gasteiger partial charge in [0, 0.05) is 26.0 Å². The molecule has 5 nitrogen and oxygen atoms in total. The van der Waals surface area contributed by atoms with Crippen molar-refractivity contribution in [2.45, 2.75) is 30.5 Å². The zero-order valence-corrected chi connectivity index (χ0v) is 15.5. The number of methoxy groups -OCH3 is 1. The van der Waals surface area contributed by atoms with Gasteiger partial charge in [0.15, 0.2) is 6.61 Å². The number of likely N-dealkylation sites (tertiary alicyclic amines) is 1. The Morgan fingerprint density at radius 3 is 2.41 bits per heavy atom. The number of alkyl halides is 3. The Morgan fingerprint density at radius 1 is 1.30 bits per heavy atom. The lowest BCUT2D eigenvalue weighted by Gasteiger charge is -2.48. The molecule has 1 aliphatic rings. The first-order valence-electron chi connectivity index (χ1n) is 8.04. The number of benzene rings is 1. The Kier molecular flexibility index (Phi) is 6.41. The van der Waals surface area contributed by atoms with Crippen molar-refractivity contribution in [3.63, 3.8) is 0 Å². The van der Waals surface area contributed by atoms with Gasteiger partial charge in [-0.15, -0.1) is 12.6 Å². The van der Waals surface area contributed by atoms with Crippen LogP contribution in [0.15, 0.2) is 24.3 Å². The maximum Gasteiger partial charge on any atom is 0.422 e. The normalized spacial score (nSPS) is 26.0. The molecule has 1 heterocycles. The summed E-state index contributed by atoms with van der Waals surface area (Å²) in [4.78, 5) is 24.1. The summed E-state index contributed by atoms with van der Waals surface area (Å²) in [5, 5.41) is 0. The minimum Gasteiger partial charge on any atom is -0.449 e. The van der Waals surface area contributed by atoms with Crippen molar-refractivity contribution in [2.75, 3.05) is 20.3 Å². The third-order valence-electron chi connectivity index (χ3n) is 4.43. The predicted molar refractivity (Wildman–Crippen MR) is 90.4 cm³/mol. The third-order valence-corrected chi connectivity index (χ3v) is 5.12. The number of piperidine rings is 1. The molecule has 10 heteroatoms. The van der Waals surface area contributed by atoms with Gasteiger partial charge in [-0.2, -0.15) is 13.2 Å². The van der Waals surface area contributed by atoms with Gasteiger partial charge in [-0.25, -0.2) is 9.18 Å². The van der Waals surface area contributed by atoms with Crippen molar-refractivity contribution in [1.82, 2.24) is 4.90 Å². The van der Waals surface area contributed by atoms with Crippen LogP contribution in [-0.4, -0.2) is 49.3 Å². The quantitative estimate of drug-likeness (QED) is 0.361. The Hall–Kier alpha value is -1.81. The van der Waals surface area contributed by atoms with E-state index in [4.69, 9.17) is 4.74 Å². The van der Waals surface area contributed by atoms with E-state index in [1.165, 1.54) is 19.2 Å². The van der Waals surface area contributed by atoms with Gasteiger partial charge in [0.25, 0.3) is 0 Å². The Balaban J connectivity index is 2.33. The SMILES string of the molecule is COC1CC(S)(c2ccc(F)cc2)N(C(=O)C(=O)OCC(F)(F)F)C[C@@H]1C. The Labute approximate surface area is 159 Å². The van der Waals surface area contributed by atoms with E-state index in [9.17, 15) is 27.2 Å². The second kappa shape index (κ2) is 8.05. The number of carbonyl (C=O) groups is 2. The number of amides is 1. The lowest BCUT2D eigenvalue weighted by Crippen LogP contribution is -2.57. The molecule has 0 bridgehead atoms. The summed E-state index contributed by atoms with van der Waals surface area (Å²) < 4.78 is 59.5. The second-order valence-electron chi connectivity index (χ2n) is 6.39. The highest BCUT2D eigenvalue weighted by Crippen LogP contribution is 2.43. The molecule has 1 aromatic rings. The van der Waals surface area contributed by atoms with Crippen molar-refractivity contribution in [2.24, 2.45) is 5.92 Å². The average Bonchev–Trinajstić information content (AvgIpc) is 2.60. The minimum absolute atomic E-state index is 0.000660. The number of hydrogen-bond acceptors (Lipinski definition) is 5. The number of carbonyl (C=O) groups excluding carboxylic acids is 2. The zero-order chi connectivity index (χ0) is 20.4. The van der Waals surface area contributed by atoms with E-state index < -0.39 is 35.3 Å². The maximum absolute atomic E-state index is 13.3. The summed E-state index contributed by atoms with van der Waals surface area (Å²) in [5.74, 6) is -3.60. The molecule has 0 spiro atoms. The molecule has 0 aliphatic carbocycles. The molecule has 3 atom stereocenters. The van der Waals surface area contributed by atoms with Crippen molar-refractivity contribution >= 4 is 24.5 Å². The van der Waals surface area contributed by atoms with Crippen LogP contribution in [0.4, 0.5) is 17.6 Å². The van der Waals surface area contributed by atoms with Crippen molar-refractivity contribution in [3.05, 3.63) is 35.6 Å². The molecule has 150 valence electrons. The summed E-state index contributed by atoms with van der Waals surface area (Å²) in [6.07, 6.45) is -4.93. The van der Waals surface area contributed by atoms with E-state index in [1.54, 1.807) is 6.92 Å². The minimum atomic E-state index is -4.75. The molecular formula is C17H19F4NO4S. The molecule has 1 saturated heterocycles. The topological polar surface area (TPSA) is 55.8 Å². The highest BCUT2D eigenvalue weighted by molar-refractivity contribution is 7.81. The molecule has 0 saturated carbocycles. The molecule has 1 aromatic carbocycles. The molecule has 1 aliphatic heterocycles. The monoisotopic (exact) mass is 409 g/mol. The highest BCUT2D eigenvalue weighted by atomic mass is 32.1. The van der Waals surface area contributed by atoms with E-state index in [0.717, 1.165) is 17.0 Å². The van der Waals surface area contributed by atoms with Crippen LogP contribution in [0.2, 0.25) is 0 Å². The van der Waals surface area contributed by atoms with E-state index >= 15 is 0 Å². The van der Waals surface area contributed by atoms with E-state index in [-0.39, 0.29) is 25.0 Å². The molecule has 2 rings (SSSR count). The molecular weight excluding hydrogens is 390 g/mol. The number of esters is 1. The zero-order valence-electron chi connectivity index (χ0n) is 14.6. The van der Waals surface area contributed by atoms with Gasteiger partial charge >= 0.3 is 18.1 Å². The van der Waals surface area contributed by atoms with Crippen molar-refractivity contribution in [1.29, 1.82) is 0 Å². The summed E-state index contributed by atoms with van der Waals surface area (Å²) in [6.45, 7) is -0.0926. The Bertz CT molecular complexity index is 697. The maximum atomic E-state index is 13.3. The predicted octanol–water partition coefficient (Wildman–Crippen LogP) is 2.90. The average molecular weight is 409 g/mol. The van der Waals surface area contributed by atoms with Crippen LogP contribution in [0.3, 0.4) is 0 Å². The molecule has 2 unspecified atom stereocenters. The fraction of sp³-hybridized carbons (Fsp3) is 0.529. The lowest BCUT2D eigenvalue weighted by molar-refractivity contribution is -0.191. The van der Waals surface area contributed by atoms with Crippen LogP contribution in [0.5, 0.6) is 0 Å². The van der Waals surface area contributed by atoms with Gasteiger partial charge < -0.3 is 14.4 Å². The van der Waals surface area contributed by atoms with Crippen LogP contribution >= 0.6 is 12.6 Å². The summed E-state index contributed by atoms with van der Waals surface area (Å²) in [5.41, 5.74) is 0.401. The number of nitrogens with zero attached hydrogens (tertiary/aromatic N) is 1. The fourth-order valence-corrected chi connectivity index (χ4v) is 3.53. The largest absolute Gasteiger partial charge is 0.449 e. The van der Waals surface area contributed by atoms with Gasteiger partial charge in [0.2, 0.25) is 0 Å².